The highest BCUT2D eigenvalue weighted by Gasteiger charge is 2.70. The van der Waals surface area contributed by atoms with Gasteiger partial charge in [0.1, 0.15) is 5.41 Å². The third kappa shape index (κ3) is 3.05. The van der Waals surface area contributed by atoms with Crippen molar-refractivity contribution in [2.24, 2.45) is 50.2 Å². The molecule has 0 heterocycles. The lowest BCUT2D eigenvalue weighted by Gasteiger charge is -2.70. The van der Waals surface area contributed by atoms with E-state index in [1.54, 1.807) is 12.5 Å². The van der Waals surface area contributed by atoms with Crippen molar-refractivity contribution in [1.82, 2.24) is 0 Å². The van der Waals surface area contributed by atoms with Gasteiger partial charge < -0.3 is 9.84 Å². The molecule has 0 bridgehead atoms. The van der Waals surface area contributed by atoms with E-state index in [0.717, 1.165) is 25.5 Å². The molecule has 0 radical (unpaired) electrons. The van der Waals surface area contributed by atoms with E-state index in [4.69, 9.17) is 4.74 Å². The molecule has 0 aliphatic heterocycles. The Bertz CT molecular complexity index is 1050. The van der Waals surface area contributed by atoms with E-state index >= 15 is 0 Å². The Morgan fingerprint density at radius 1 is 1.00 bits per heavy atom. The third-order valence-corrected chi connectivity index (χ3v) is 13.1. The molecule has 0 spiro atoms. The molecule has 0 amide bonds. The molecule has 0 saturated heterocycles. The van der Waals surface area contributed by atoms with E-state index in [1.807, 2.05) is 0 Å². The Labute approximate surface area is 218 Å². The highest BCUT2D eigenvalue weighted by molar-refractivity contribution is 6.13. The van der Waals surface area contributed by atoms with Crippen LogP contribution in [0, 0.1) is 50.2 Å². The van der Waals surface area contributed by atoms with Crippen molar-refractivity contribution >= 4 is 11.8 Å². The molecule has 4 fully saturated rings. The van der Waals surface area contributed by atoms with Gasteiger partial charge in [-0.3, -0.25) is 9.59 Å². The number of ketones is 1. The number of ether oxygens (including phenoxy) is 1. The Morgan fingerprint density at radius 3 is 2.31 bits per heavy atom. The number of hydrogen-bond donors (Lipinski definition) is 1. The summed E-state index contributed by atoms with van der Waals surface area (Å²) < 4.78 is 5.23. The smallest absolute Gasteiger partial charge is 0.319 e. The number of allylic oxidation sites excluding steroid dienone is 3. The van der Waals surface area contributed by atoms with Crippen molar-refractivity contribution in [2.45, 2.75) is 106 Å². The lowest BCUT2D eigenvalue weighted by atomic mass is 9.33. The largest absolute Gasteiger partial charge is 0.515 e. The molecule has 8 atom stereocenters. The van der Waals surface area contributed by atoms with Crippen LogP contribution in [0.4, 0.5) is 0 Å². The van der Waals surface area contributed by atoms with Gasteiger partial charge in [0.15, 0.2) is 5.78 Å². The molecule has 5 aliphatic carbocycles. The van der Waals surface area contributed by atoms with Crippen LogP contribution in [-0.4, -0.2) is 24.0 Å². The Hall–Kier alpha value is -1.58. The SMILES string of the molecule is COC(=O)[C@@]1(C)C(=O)/C(=C\O)C[C@]2(C)[C@H]3CC=C4[C@@H]5CC(C)(C)CC[C@]5(C)CC[C@@]4(C)[C@]3(C)CC[C@@H]12. The standard InChI is InChI=1S/C32H48O4/c1-27(2)13-14-28(3)15-16-30(5)21(22(28)18-27)9-10-23-29(4)17-20(19-33)25(34)32(7,26(35)36-8)24(29)11-12-31(23,30)6/h9,19,22-24,33H,10-18H2,1-8H3/b20-19-/t22-,23+,24+,28+,29+,30+,31+,32+/m0/s1. The summed E-state index contributed by atoms with van der Waals surface area (Å²) in [5.41, 5.74) is 1.58. The zero-order valence-corrected chi connectivity index (χ0v) is 23.9. The van der Waals surface area contributed by atoms with Gasteiger partial charge in [0, 0.05) is 5.57 Å². The summed E-state index contributed by atoms with van der Waals surface area (Å²) in [7, 11) is 1.38. The molecule has 5 rings (SSSR count). The van der Waals surface area contributed by atoms with Crippen LogP contribution in [0.5, 0.6) is 0 Å². The monoisotopic (exact) mass is 496 g/mol. The Morgan fingerprint density at radius 2 is 1.67 bits per heavy atom. The van der Waals surface area contributed by atoms with Crippen LogP contribution >= 0.6 is 0 Å². The van der Waals surface area contributed by atoms with Crippen LogP contribution in [0.15, 0.2) is 23.5 Å². The van der Waals surface area contributed by atoms with Crippen LogP contribution in [0.3, 0.4) is 0 Å². The molecule has 0 unspecified atom stereocenters. The summed E-state index contributed by atoms with van der Waals surface area (Å²) in [4.78, 5) is 26.7. The highest BCUT2D eigenvalue weighted by Crippen LogP contribution is 2.75. The minimum atomic E-state index is -1.25. The molecule has 0 aromatic carbocycles. The Balaban J connectivity index is 1.62. The molecule has 0 aromatic heterocycles. The van der Waals surface area contributed by atoms with Crippen molar-refractivity contribution in [1.29, 1.82) is 0 Å². The van der Waals surface area contributed by atoms with Gasteiger partial charge in [-0.2, -0.15) is 0 Å². The number of aliphatic hydroxyl groups is 1. The molecule has 4 heteroatoms. The van der Waals surface area contributed by atoms with Gasteiger partial charge in [0.05, 0.1) is 13.4 Å². The average molecular weight is 497 g/mol. The van der Waals surface area contributed by atoms with Crippen LogP contribution in [0.2, 0.25) is 0 Å². The summed E-state index contributed by atoms with van der Waals surface area (Å²) >= 11 is 0. The fourth-order valence-electron chi connectivity index (χ4n) is 10.6. The fraction of sp³-hybridized carbons (Fsp3) is 0.812. The molecule has 5 aliphatic rings. The highest BCUT2D eigenvalue weighted by atomic mass is 16.5. The van der Waals surface area contributed by atoms with Crippen molar-refractivity contribution in [2.75, 3.05) is 7.11 Å². The van der Waals surface area contributed by atoms with E-state index in [-0.39, 0.29) is 27.9 Å². The second-order valence-corrected chi connectivity index (χ2v) is 15.2. The van der Waals surface area contributed by atoms with E-state index < -0.39 is 11.4 Å². The molecule has 0 aromatic rings. The molecular formula is C32H48O4. The van der Waals surface area contributed by atoms with Gasteiger partial charge in [-0.15, -0.1) is 0 Å². The Kier molecular flexibility index (Phi) is 5.59. The number of Topliss-reactive ketones (excluding diaryl/α,β-unsaturated/α-hetero) is 1. The van der Waals surface area contributed by atoms with Gasteiger partial charge >= 0.3 is 5.97 Å². The second-order valence-electron chi connectivity index (χ2n) is 15.2. The fourth-order valence-corrected chi connectivity index (χ4v) is 10.6. The second kappa shape index (κ2) is 7.73. The lowest BCUT2D eigenvalue weighted by Crippen LogP contribution is -2.65. The van der Waals surface area contributed by atoms with Crippen molar-refractivity contribution < 1.29 is 19.4 Å². The maximum absolute atomic E-state index is 13.5. The average Bonchev–Trinajstić information content (AvgIpc) is 2.82. The minimum absolute atomic E-state index is 0.0865. The first-order valence-corrected chi connectivity index (χ1v) is 14.3. The zero-order chi connectivity index (χ0) is 26.5. The normalized spacial score (nSPS) is 50.8. The topological polar surface area (TPSA) is 63.6 Å². The van der Waals surface area contributed by atoms with Gasteiger partial charge in [-0.05, 0) is 110 Å². The first-order chi connectivity index (χ1) is 16.6. The maximum atomic E-state index is 13.5. The van der Waals surface area contributed by atoms with Crippen LogP contribution in [0.25, 0.3) is 0 Å². The molecule has 4 saturated carbocycles. The summed E-state index contributed by atoms with van der Waals surface area (Å²) in [5, 5.41) is 10.1. The quantitative estimate of drug-likeness (QED) is 0.134. The number of carbonyl (C=O) groups excluding carboxylic acids is 2. The van der Waals surface area contributed by atoms with E-state index in [0.29, 0.717) is 34.7 Å². The third-order valence-electron chi connectivity index (χ3n) is 13.1. The number of hydrogen-bond acceptors (Lipinski definition) is 4. The summed E-state index contributed by atoms with van der Waals surface area (Å²) in [6.07, 6.45) is 13.4. The molecule has 200 valence electrons. The summed E-state index contributed by atoms with van der Waals surface area (Å²) in [6, 6.07) is 0. The van der Waals surface area contributed by atoms with Gasteiger partial charge in [0.2, 0.25) is 0 Å². The van der Waals surface area contributed by atoms with Crippen LogP contribution in [-0.2, 0) is 14.3 Å². The molecule has 36 heavy (non-hydrogen) atoms. The predicted molar refractivity (Wildman–Crippen MR) is 142 cm³/mol. The minimum Gasteiger partial charge on any atom is -0.515 e. The number of fused-ring (bicyclic) bond motifs is 7. The molecule has 4 nitrogen and oxygen atoms in total. The van der Waals surface area contributed by atoms with Gasteiger partial charge in [0.25, 0.3) is 0 Å². The van der Waals surface area contributed by atoms with Crippen molar-refractivity contribution in [3.05, 3.63) is 23.5 Å². The van der Waals surface area contributed by atoms with Crippen LogP contribution < -0.4 is 0 Å². The predicted octanol–water partition coefficient (Wildman–Crippen LogP) is 7.58. The first kappa shape index (κ1) is 26.0. The number of carbonyl (C=O) groups is 2. The number of aliphatic hydroxyl groups excluding tert-OH is 1. The zero-order valence-electron chi connectivity index (χ0n) is 23.9. The molecule has 1 N–H and O–H groups in total. The maximum Gasteiger partial charge on any atom is 0.319 e. The van der Waals surface area contributed by atoms with Gasteiger partial charge in [-0.1, -0.05) is 53.2 Å². The van der Waals surface area contributed by atoms with Crippen LogP contribution in [0.1, 0.15) is 106 Å². The molecular weight excluding hydrogens is 448 g/mol. The van der Waals surface area contributed by atoms with Crippen molar-refractivity contribution in [3.8, 4) is 0 Å². The van der Waals surface area contributed by atoms with E-state index in [9.17, 15) is 14.7 Å². The van der Waals surface area contributed by atoms with E-state index in [1.165, 1.54) is 39.2 Å². The van der Waals surface area contributed by atoms with E-state index in [2.05, 4.69) is 47.6 Å². The summed E-state index contributed by atoms with van der Waals surface area (Å²) in [5.74, 6) is 0.184. The number of esters is 1. The number of rotatable bonds is 1. The van der Waals surface area contributed by atoms with Crippen molar-refractivity contribution in [3.63, 3.8) is 0 Å². The lowest BCUT2D eigenvalue weighted by molar-refractivity contribution is -0.192. The van der Waals surface area contributed by atoms with Gasteiger partial charge in [-0.25, -0.2) is 0 Å². The summed E-state index contributed by atoms with van der Waals surface area (Å²) in [6.45, 7) is 16.6. The number of methoxy groups -OCH3 is 1. The first-order valence-electron chi connectivity index (χ1n) is 14.3.